The number of sulfonamides is 1. The lowest BCUT2D eigenvalue weighted by molar-refractivity contribution is -0.142. The van der Waals surface area contributed by atoms with Gasteiger partial charge in [0, 0.05) is 23.8 Å². The SMILES string of the molecule is CC[C@@H]1C[C@@H](C)CC/C=C\C2C[C@@]2(C(=O)NS(=O)(=O)C2(C)CC2)NC(=O)[C@@H]2C[C@@H](Oc3nc(OC)cc4cc(F)ccc34)CN2C(=O)[C@H]1NC(=O)OC(C)(C)C. The van der Waals surface area contributed by atoms with Crippen LogP contribution in [-0.4, -0.2) is 89.8 Å². The molecule has 14 nitrogen and oxygen atoms in total. The van der Waals surface area contributed by atoms with Crippen LogP contribution in [0.5, 0.6) is 11.8 Å². The van der Waals surface area contributed by atoms with E-state index in [9.17, 15) is 32.0 Å². The van der Waals surface area contributed by atoms with Gasteiger partial charge >= 0.3 is 6.09 Å². The van der Waals surface area contributed by atoms with Gasteiger partial charge < -0.3 is 29.7 Å². The molecule has 0 bridgehead atoms. The lowest BCUT2D eigenvalue weighted by atomic mass is 9.85. The number of carbonyl (C=O) groups excluding carboxylic acids is 4. The number of fused-ring (bicyclic) bond motifs is 3. The summed E-state index contributed by atoms with van der Waals surface area (Å²) in [5.74, 6) is -2.93. The Balaban J connectivity index is 1.38. The molecule has 6 rings (SSSR count). The summed E-state index contributed by atoms with van der Waals surface area (Å²) in [4.78, 5) is 62.5. The van der Waals surface area contributed by atoms with Crippen molar-refractivity contribution in [3.8, 4) is 11.8 Å². The van der Waals surface area contributed by atoms with E-state index in [4.69, 9.17) is 14.2 Å². The van der Waals surface area contributed by atoms with Crippen LogP contribution in [0.2, 0.25) is 0 Å². The quantitative estimate of drug-likeness (QED) is 0.311. The third-order valence-electron chi connectivity index (χ3n) is 11.5. The number of hydrogen-bond donors (Lipinski definition) is 3. The maximum atomic E-state index is 14.9. The highest BCUT2D eigenvalue weighted by atomic mass is 32.2. The maximum Gasteiger partial charge on any atom is 0.408 e. The van der Waals surface area contributed by atoms with E-state index in [0.717, 1.165) is 6.42 Å². The molecule has 4 amide bonds. The monoisotopic (exact) mass is 799 g/mol. The fourth-order valence-electron chi connectivity index (χ4n) is 7.78. The van der Waals surface area contributed by atoms with Crippen molar-refractivity contribution in [3.05, 3.63) is 42.2 Å². The fraction of sp³-hybridized carbons (Fsp3) is 0.625. The number of pyridine rings is 1. The summed E-state index contributed by atoms with van der Waals surface area (Å²) in [7, 11) is -2.61. The number of nitrogens with zero attached hydrogens (tertiary/aromatic N) is 2. The minimum atomic E-state index is -4.03. The zero-order valence-electron chi connectivity index (χ0n) is 33.1. The summed E-state index contributed by atoms with van der Waals surface area (Å²) < 4.78 is 59.2. The first-order valence-electron chi connectivity index (χ1n) is 19.4. The first kappa shape index (κ1) is 41.2. The predicted molar refractivity (Wildman–Crippen MR) is 206 cm³/mol. The van der Waals surface area contributed by atoms with E-state index in [1.165, 1.54) is 30.2 Å². The van der Waals surface area contributed by atoms with Crippen LogP contribution in [0.15, 0.2) is 36.4 Å². The summed E-state index contributed by atoms with van der Waals surface area (Å²) >= 11 is 0. The van der Waals surface area contributed by atoms with E-state index in [1.807, 2.05) is 19.1 Å². The van der Waals surface area contributed by atoms with Crippen LogP contribution >= 0.6 is 0 Å². The van der Waals surface area contributed by atoms with Gasteiger partial charge in [0.15, 0.2) is 0 Å². The van der Waals surface area contributed by atoms with Crippen LogP contribution in [0.25, 0.3) is 10.8 Å². The molecule has 306 valence electrons. The zero-order valence-corrected chi connectivity index (χ0v) is 34.0. The minimum absolute atomic E-state index is 0.0416. The summed E-state index contributed by atoms with van der Waals surface area (Å²) in [5, 5.41) is 6.65. The molecule has 2 aliphatic heterocycles. The van der Waals surface area contributed by atoms with Gasteiger partial charge in [0.25, 0.3) is 5.91 Å². The fourth-order valence-corrected chi connectivity index (χ4v) is 9.09. The van der Waals surface area contributed by atoms with Crippen molar-refractivity contribution in [1.82, 2.24) is 25.2 Å². The number of allylic oxidation sites excluding steroid dienone is 1. The molecular formula is C40H54FN5O9S. The van der Waals surface area contributed by atoms with Crippen molar-refractivity contribution in [2.75, 3.05) is 13.7 Å². The number of methoxy groups -OCH3 is 1. The normalized spacial score (nSPS) is 29.8. The second-order valence-corrected chi connectivity index (χ2v) is 19.3. The average Bonchev–Trinajstić information content (AvgIpc) is 4.00. The van der Waals surface area contributed by atoms with Crippen LogP contribution in [0.4, 0.5) is 9.18 Å². The Morgan fingerprint density at radius 2 is 1.88 bits per heavy atom. The van der Waals surface area contributed by atoms with Crippen LogP contribution < -0.4 is 24.8 Å². The molecular weight excluding hydrogens is 746 g/mol. The first-order chi connectivity index (χ1) is 26.3. The molecule has 4 aliphatic rings. The average molecular weight is 800 g/mol. The molecule has 1 aromatic carbocycles. The Hall–Kier alpha value is -4.47. The molecule has 2 aromatic rings. The number of amides is 4. The standard InChI is InChI=1S/C40H54FN5O9S/c1-8-24-17-23(2)11-9-10-12-26-21-40(26,36(49)45-56(51,52)39(6)15-16-39)44-33(47)30-20-28(22-46(30)35(48)32(24)43-37(50)55-38(3,4)5)54-34-29-14-13-27(41)18-25(29)19-31(42-34)53-7/h10,12-14,18-19,23-24,26,28,30,32H,8-9,11,15-17,20-22H2,1-7H3,(H,43,50)(H,44,47)(H,45,49)/b12-10-/t23-,24+,26?,28+,30-,32-,40+/m0/s1. The van der Waals surface area contributed by atoms with Crippen molar-refractivity contribution in [3.63, 3.8) is 0 Å². The molecule has 3 fully saturated rings. The number of aromatic nitrogens is 1. The van der Waals surface area contributed by atoms with Gasteiger partial charge in [-0.1, -0.05) is 32.4 Å². The number of halogens is 1. The number of benzene rings is 1. The van der Waals surface area contributed by atoms with Gasteiger partial charge in [0.1, 0.15) is 35.1 Å². The number of nitrogens with one attached hydrogen (secondary N) is 3. The molecule has 2 saturated carbocycles. The zero-order chi connectivity index (χ0) is 40.8. The van der Waals surface area contributed by atoms with Crippen LogP contribution in [0, 0.1) is 23.6 Å². The second-order valence-electron chi connectivity index (χ2n) is 17.1. The second kappa shape index (κ2) is 15.5. The number of alkyl carbamates (subject to hydrolysis) is 1. The Bertz CT molecular complexity index is 2020. The van der Waals surface area contributed by atoms with Crippen LogP contribution in [-0.2, 0) is 29.1 Å². The number of rotatable bonds is 8. The third-order valence-corrected chi connectivity index (χ3v) is 13.7. The number of ether oxygens (including phenoxy) is 3. The molecule has 1 unspecified atom stereocenters. The van der Waals surface area contributed by atoms with E-state index < -0.39 is 79.6 Å². The van der Waals surface area contributed by atoms with E-state index >= 15 is 0 Å². The number of hydrogen-bond acceptors (Lipinski definition) is 10. The lowest BCUT2D eigenvalue weighted by Gasteiger charge is -2.34. The molecule has 16 heteroatoms. The summed E-state index contributed by atoms with van der Waals surface area (Å²) in [6.07, 6.45) is 5.69. The van der Waals surface area contributed by atoms with Crippen molar-refractivity contribution in [1.29, 1.82) is 0 Å². The van der Waals surface area contributed by atoms with Gasteiger partial charge in [-0.3, -0.25) is 19.1 Å². The van der Waals surface area contributed by atoms with Crippen molar-refractivity contribution in [2.45, 2.75) is 127 Å². The lowest BCUT2D eigenvalue weighted by Crippen LogP contribution is -2.59. The molecule has 3 heterocycles. The highest BCUT2D eigenvalue weighted by Gasteiger charge is 2.63. The van der Waals surface area contributed by atoms with Crippen molar-refractivity contribution in [2.24, 2.45) is 17.8 Å². The predicted octanol–water partition coefficient (Wildman–Crippen LogP) is 4.90. The molecule has 1 aromatic heterocycles. The van der Waals surface area contributed by atoms with Gasteiger partial charge in [-0.15, -0.1) is 0 Å². The molecule has 3 N–H and O–H groups in total. The Morgan fingerprint density at radius 3 is 2.54 bits per heavy atom. The Labute approximate surface area is 327 Å². The van der Waals surface area contributed by atoms with Gasteiger partial charge in [-0.2, -0.15) is 4.98 Å². The van der Waals surface area contributed by atoms with Gasteiger partial charge in [0.2, 0.25) is 33.6 Å². The van der Waals surface area contributed by atoms with E-state index in [-0.39, 0.29) is 43.0 Å². The van der Waals surface area contributed by atoms with Crippen molar-refractivity contribution < 1.29 is 46.2 Å². The summed E-state index contributed by atoms with van der Waals surface area (Å²) in [6, 6.07) is 3.39. The molecule has 0 spiro atoms. The van der Waals surface area contributed by atoms with Gasteiger partial charge in [-0.05, 0) is 102 Å². The third kappa shape index (κ3) is 8.74. The highest BCUT2D eigenvalue weighted by molar-refractivity contribution is 7.91. The smallest absolute Gasteiger partial charge is 0.408 e. The van der Waals surface area contributed by atoms with Crippen LogP contribution in [0.3, 0.4) is 0 Å². The Kier molecular flexibility index (Phi) is 11.4. The molecule has 56 heavy (non-hydrogen) atoms. The first-order valence-corrected chi connectivity index (χ1v) is 20.9. The molecule has 7 atom stereocenters. The minimum Gasteiger partial charge on any atom is -0.481 e. The van der Waals surface area contributed by atoms with Gasteiger partial charge in [-0.25, -0.2) is 17.6 Å². The molecule has 1 saturated heterocycles. The number of carbonyl (C=O) groups is 4. The highest BCUT2D eigenvalue weighted by Crippen LogP contribution is 2.47. The Morgan fingerprint density at radius 1 is 1.14 bits per heavy atom. The van der Waals surface area contributed by atoms with Gasteiger partial charge in [0.05, 0.1) is 18.4 Å². The topological polar surface area (TPSA) is 182 Å². The van der Waals surface area contributed by atoms with E-state index in [0.29, 0.717) is 42.9 Å². The summed E-state index contributed by atoms with van der Waals surface area (Å²) in [5.41, 5.74) is -2.42. The van der Waals surface area contributed by atoms with Crippen molar-refractivity contribution >= 4 is 44.6 Å². The van der Waals surface area contributed by atoms with Crippen LogP contribution in [0.1, 0.15) is 92.9 Å². The largest absolute Gasteiger partial charge is 0.481 e. The molecule has 2 aliphatic carbocycles. The molecule has 0 radical (unpaired) electrons. The summed E-state index contributed by atoms with van der Waals surface area (Å²) in [6.45, 7) is 10.6. The maximum absolute atomic E-state index is 14.9. The van der Waals surface area contributed by atoms with E-state index in [1.54, 1.807) is 33.8 Å². The van der Waals surface area contributed by atoms with E-state index in [2.05, 4.69) is 27.3 Å².